The normalized spacial score (nSPS) is 10.9. The Labute approximate surface area is 117 Å². The lowest BCUT2D eigenvalue weighted by Gasteiger charge is -1.90. The second kappa shape index (κ2) is 4.44. The number of carboxylic acids is 2. The Morgan fingerprint density at radius 2 is 1.90 bits per heavy atom. The Hall–Kier alpha value is -3.16. The van der Waals surface area contributed by atoms with Crippen LogP contribution < -0.4 is 0 Å². The molecule has 0 aliphatic carbocycles. The molecule has 8 nitrogen and oxygen atoms in total. The number of fused-ring (bicyclic) bond motifs is 1. The number of aromatic nitrogens is 3. The van der Waals surface area contributed by atoms with Crippen molar-refractivity contribution < 1.29 is 24.2 Å². The van der Waals surface area contributed by atoms with E-state index in [4.69, 9.17) is 14.6 Å². The second-order valence-electron chi connectivity index (χ2n) is 4.30. The van der Waals surface area contributed by atoms with Crippen molar-refractivity contribution >= 4 is 22.8 Å². The van der Waals surface area contributed by atoms with Gasteiger partial charge >= 0.3 is 11.9 Å². The van der Waals surface area contributed by atoms with Gasteiger partial charge in [0.05, 0.1) is 5.52 Å². The number of hydrogen-bond acceptors (Lipinski definition) is 5. The first-order chi connectivity index (χ1) is 9.99. The van der Waals surface area contributed by atoms with Crippen LogP contribution in [-0.4, -0.2) is 36.9 Å². The van der Waals surface area contributed by atoms with E-state index in [9.17, 15) is 9.59 Å². The van der Waals surface area contributed by atoms with Crippen LogP contribution >= 0.6 is 0 Å². The number of hydrogen-bond donors (Lipinski definition) is 2. The van der Waals surface area contributed by atoms with Crippen LogP contribution in [0.2, 0.25) is 0 Å². The molecule has 3 aromatic rings. The SMILES string of the molecule is Cn1nc(-c2nc(C(=O)O)c(C(=O)O)o2)c2ccccc21. The number of nitrogens with zero attached hydrogens (tertiary/aromatic N) is 3. The lowest BCUT2D eigenvalue weighted by Crippen LogP contribution is -2.05. The molecule has 0 radical (unpaired) electrons. The van der Waals surface area contributed by atoms with Crippen molar-refractivity contribution in [1.82, 2.24) is 14.8 Å². The van der Waals surface area contributed by atoms with E-state index in [0.29, 0.717) is 11.1 Å². The number of benzene rings is 1. The Bertz CT molecular complexity index is 846. The molecule has 0 atom stereocenters. The molecule has 1 aromatic carbocycles. The average molecular weight is 287 g/mol. The molecule has 0 aliphatic heterocycles. The minimum absolute atomic E-state index is 0.137. The first kappa shape index (κ1) is 12.9. The number of para-hydroxylation sites is 1. The zero-order valence-corrected chi connectivity index (χ0v) is 10.8. The lowest BCUT2D eigenvalue weighted by molar-refractivity contribution is 0.0624. The fourth-order valence-electron chi connectivity index (χ4n) is 2.08. The summed E-state index contributed by atoms with van der Waals surface area (Å²) >= 11 is 0. The van der Waals surface area contributed by atoms with Gasteiger partial charge in [0.25, 0.3) is 0 Å². The third kappa shape index (κ3) is 1.93. The second-order valence-corrected chi connectivity index (χ2v) is 4.30. The summed E-state index contributed by atoms with van der Waals surface area (Å²) in [4.78, 5) is 25.8. The van der Waals surface area contributed by atoms with E-state index in [0.717, 1.165) is 5.52 Å². The molecule has 0 amide bonds. The maximum absolute atomic E-state index is 11.0. The molecule has 21 heavy (non-hydrogen) atoms. The van der Waals surface area contributed by atoms with Crippen molar-refractivity contribution in [2.45, 2.75) is 0 Å². The number of aromatic carboxylic acids is 2. The number of aryl methyl sites for hydroxylation is 1. The first-order valence-corrected chi connectivity index (χ1v) is 5.88. The molecule has 2 N–H and O–H groups in total. The summed E-state index contributed by atoms with van der Waals surface area (Å²) in [7, 11) is 1.71. The monoisotopic (exact) mass is 287 g/mol. The third-order valence-corrected chi connectivity index (χ3v) is 2.98. The van der Waals surface area contributed by atoms with Crippen molar-refractivity contribution in [1.29, 1.82) is 0 Å². The van der Waals surface area contributed by atoms with Crippen LogP contribution in [0.25, 0.3) is 22.5 Å². The Kier molecular flexibility index (Phi) is 2.72. The van der Waals surface area contributed by atoms with E-state index in [-0.39, 0.29) is 5.89 Å². The maximum Gasteiger partial charge on any atom is 0.374 e. The molecular weight excluding hydrogens is 278 g/mol. The van der Waals surface area contributed by atoms with E-state index < -0.39 is 23.4 Å². The van der Waals surface area contributed by atoms with Gasteiger partial charge < -0.3 is 14.6 Å². The summed E-state index contributed by atoms with van der Waals surface area (Å²) in [5.41, 5.74) is 0.440. The van der Waals surface area contributed by atoms with Crippen LogP contribution in [0.5, 0.6) is 0 Å². The summed E-state index contributed by atoms with van der Waals surface area (Å²) in [5, 5.41) is 22.8. The molecule has 3 rings (SSSR count). The van der Waals surface area contributed by atoms with Gasteiger partial charge in [-0.1, -0.05) is 18.2 Å². The minimum Gasteiger partial charge on any atom is -0.476 e. The molecule has 2 heterocycles. The minimum atomic E-state index is -1.49. The van der Waals surface area contributed by atoms with Gasteiger partial charge in [0.15, 0.2) is 5.69 Å². The molecule has 106 valence electrons. The van der Waals surface area contributed by atoms with Gasteiger partial charge in [0.2, 0.25) is 17.3 Å². The summed E-state index contributed by atoms with van der Waals surface area (Å²) in [6.45, 7) is 0. The van der Waals surface area contributed by atoms with Crippen LogP contribution in [0, 0.1) is 0 Å². The summed E-state index contributed by atoms with van der Waals surface area (Å²) in [5.74, 6) is -3.82. The highest BCUT2D eigenvalue weighted by Gasteiger charge is 2.27. The number of carbonyl (C=O) groups is 2. The van der Waals surface area contributed by atoms with Crippen LogP contribution in [0.1, 0.15) is 21.0 Å². The quantitative estimate of drug-likeness (QED) is 0.751. The van der Waals surface area contributed by atoms with Crippen LogP contribution in [0.3, 0.4) is 0 Å². The van der Waals surface area contributed by atoms with Gasteiger partial charge in [-0.2, -0.15) is 10.1 Å². The zero-order chi connectivity index (χ0) is 15.1. The fraction of sp³-hybridized carbons (Fsp3) is 0.0769. The molecule has 0 bridgehead atoms. The largest absolute Gasteiger partial charge is 0.476 e. The van der Waals surface area contributed by atoms with Gasteiger partial charge in [0, 0.05) is 12.4 Å². The van der Waals surface area contributed by atoms with Crippen molar-refractivity contribution in [3.05, 3.63) is 35.7 Å². The van der Waals surface area contributed by atoms with Crippen LogP contribution in [-0.2, 0) is 7.05 Å². The summed E-state index contributed by atoms with van der Waals surface area (Å²) < 4.78 is 6.66. The van der Waals surface area contributed by atoms with Gasteiger partial charge in [0.1, 0.15) is 0 Å². The zero-order valence-electron chi connectivity index (χ0n) is 10.8. The predicted octanol–water partition coefficient (Wildman–Crippen LogP) is 1.62. The Balaban J connectivity index is 2.26. The van der Waals surface area contributed by atoms with Gasteiger partial charge in [-0.15, -0.1) is 0 Å². The molecule has 0 fully saturated rings. The lowest BCUT2D eigenvalue weighted by atomic mass is 10.2. The molecule has 0 aliphatic rings. The molecule has 0 saturated heterocycles. The highest BCUT2D eigenvalue weighted by atomic mass is 16.4. The van der Waals surface area contributed by atoms with Gasteiger partial charge in [-0.25, -0.2) is 9.59 Å². The van der Waals surface area contributed by atoms with E-state index in [1.165, 1.54) is 0 Å². The average Bonchev–Trinajstić information content (AvgIpc) is 3.01. The van der Waals surface area contributed by atoms with Gasteiger partial charge in [-0.05, 0) is 6.07 Å². The van der Waals surface area contributed by atoms with Crippen molar-refractivity contribution in [3.8, 4) is 11.6 Å². The summed E-state index contributed by atoms with van der Waals surface area (Å²) in [6.07, 6.45) is 0. The van der Waals surface area contributed by atoms with E-state index in [1.54, 1.807) is 23.9 Å². The van der Waals surface area contributed by atoms with E-state index >= 15 is 0 Å². The molecule has 0 saturated carbocycles. The molecule has 0 unspecified atom stereocenters. The topological polar surface area (TPSA) is 118 Å². The Morgan fingerprint density at radius 1 is 1.19 bits per heavy atom. The van der Waals surface area contributed by atoms with Gasteiger partial charge in [-0.3, -0.25) is 4.68 Å². The van der Waals surface area contributed by atoms with Crippen molar-refractivity contribution in [3.63, 3.8) is 0 Å². The molecule has 8 heteroatoms. The maximum atomic E-state index is 11.0. The van der Waals surface area contributed by atoms with Crippen LogP contribution in [0.15, 0.2) is 28.7 Å². The number of oxazole rings is 1. The van der Waals surface area contributed by atoms with E-state index in [2.05, 4.69) is 10.1 Å². The van der Waals surface area contributed by atoms with E-state index in [1.807, 2.05) is 12.1 Å². The predicted molar refractivity (Wildman–Crippen MR) is 70.1 cm³/mol. The number of rotatable bonds is 3. The smallest absolute Gasteiger partial charge is 0.374 e. The molecule has 0 spiro atoms. The third-order valence-electron chi connectivity index (χ3n) is 2.98. The highest BCUT2D eigenvalue weighted by Crippen LogP contribution is 2.28. The van der Waals surface area contributed by atoms with Crippen LogP contribution in [0.4, 0.5) is 0 Å². The summed E-state index contributed by atoms with van der Waals surface area (Å²) in [6, 6.07) is 7.20. The fourth-order valence-corrected chi connectivity index (χ4v) is 2.08. The molecular formula is C13H9N3O5. The number of carboxylic acid groups (broad SMARTS) is 2. The first-order valence-electron chi connectivity index (χ1n) is 5.88. The van der Waals surface area contributed by atoms with Crippen molar-refractivity contribution in [2.75, 3.05) is 0 Å². The van der Waals surface area contributed by atoms with Crippen molar-refractivity contribution in [2.24, 2.45) is 7.05 Å². The standard InChI is InChI=1S/C13H9N3O5/c1-16-7-5-3-2-4-6(7)8(15-16)11-14-9(12(17)18)10(21-11)13(19)20/h2-5H,1H3,(H,17,18)(H,19,20). The highest BCUT2D eigenvalue weighted by molar-refractivity contribution is 5.99. The Morgan fingerprint density at radius 3 is 2.52 bits per heavy atom. The molecule has 2 aromatic heterocycles.